The molecule has 0 saturated heterocycles. The fraction of sp³-hybridized carbons (Fsp3) is 0.222. The van der Waals surface area contributed by atoms with Gasteiger partial charge in [-0.1, -0.05) is 6.07 Å². The number of thiol groups is 1. The van der Waals surface area contributed by atoms with Gasteiger partial charge >= 0.3 is 0 Å². The van der Waals surface area contributed by atoms with Gasteiger partial charge in [-0.25, -0.2) is 13.4 Å². The van der Waals surface area contributed by atoms with Crippen LogP contribution in [0.2, 0.25) is 0 Å². The van der Waals surface area contributed by atoms with Crippen molar-refractivity contribution >= 4 is 21.8 Å². The first-order chi connectivity index (χ1) is 7.19. The first-order valence-corrected chi connectivity index (χ1v) is 5.66. The van der Waals surface area contributed by atoms with E-state index in [0.29, 0.717) is 16.7 Å². The molecule has 0 aliphatic heterocycles. The van der Waals surface area contributed by atoms with Crippen molar-refractivity contribution in [2.45, 2.75) is 12.4 Å². The molecule has 1 N–H and O–H groups in total. The van der Waals surface area contributed by atoms with E-state index in [1.54, 1.807) is 18.2 Å². The van der Waals surface area contributed by atoms with Crippen molar-refractivity contribution in [3.63, 3.8) is 0 Å². The zero-order valence-corrected chi connectivity index (χ0v) is 8.61. The minimum Gasteiger partial charge on any atom is -0.438 e. The number of oxazole rings is 1. The number of aliphatic hydroxyl groups is 1. The molecule has 2 rings (SSSR count). The molecule has 15 heavy (non-hydrogen) atoms. The molecule has 2 aromatic rings. The van der Waals surface area contributed by atoms with Gasteiger partial charge in [0, 0.05) is 0 Å². The van der Waals surface area contributed by atoms with E-state index in [-0.39, 0.29) is 18.3 Å². The maximum Gasteiger partial charge on any atom is 0.221 e. The Hall–Kier alpha value is -1.40. The first kappa shape index (κ1) is 10.1. The number of benzene rings is 1. The van der Waals surface area contributed by atoms with Crippen molar-refractivity contribution in [3.05, 3.63) is 29.7 Å². The summed E-state index contributed by atoms with van der Waals surface area (Å²) in [5, 5.41) is 8.80. The molecule has 1 aromatic heterocycles. The summed E-state index contributed by atoms with van der Waals surface area (Å²) >= 11 is 0. The van der Waals surface area contributed by atoms with Crippen LogP contribution in [0.15, 0.2) is 22.6 Å². The summed E-state index contributed by atoms with van der Waals surface area (Å²) in [6.07, 6.45) is 0. The Morgan fingerprint density at radius 2 is 2.20 bits per heavy atom. The number of fused-ring (bicyclic) bond motifs is 1. The predicted molar refractivity (Wildman–Crippen MR) is 54.0 cm³/mol. The Morgan fingerprint density at radius 1 is 1.40 bits per heavy atom. The second-order valence-electron chi connectivity index (χ2n) is 3.06. The van der Waals surface area contributed by atoms with Crippen molar-refractivity contribution in [2.24, 2.45) is 0 Å². The Morgan fingerprint density at radius 3 is 2.87 bits per heavy atom. The van der Waals surface area contributed by atoms with Crippen molar-refractivity contribution in [1.29, 1.82) is 0 Å². The van der Waals surface area contributed by atoms with Gasteiger partial charge in [0.1, 0.15) is 22.8 Å². The van der Waals surface area contributed by atoms with Gasteiger partial charge in [-0.15, -0.1) is 0 Å². The number of aliphatic hydroxyl groups excluding tert-OH is 1. The third-order valence-corrected chi connectivity index (χ3v) is 2.57. The lowest BCUT2D eigenvalue weighted by Crippen LogP contribution is -1.85. The fourth-order valence-corrected chi connectivity index (χ4v) is 1.83. The molecule has 0 radical (unpaired) electrons. The summed E-state index contributed by atoms with van der Waals surface area (Å²) in [6.45, 7) is -0.264. The molecule has 0 aliphatic carbocycles. The number of hydrogen-bond acceptors (Lipinski definition) is 5. The lowest BCUT2D eigenvalue weighted by molar-refractivity contribution is 0.244. The third kappa shape index (κ3) is 2.16. The van der Waals surface area contributed by atoms with Crippen molar-refractivity contribution in [2.75, 3.05) is 0 Å². The van der Waals surface area contributed by atoms with Crippen LogP contribution in [0.5, 0.6) is 0 Å². The van der Waals surface area contributed by atoms with Gasteiger partial charge in [-0.2, -0.15) is 0 Å². The Kier molecular flexibility index (Phi) is 2.70. The highest BCUT2D eigenvalue weighted by Gasteiger charge is 2.05. The van der Waals surface area contributed by atoms with Gasteiger partial charge < -0.3 is 9.52 Å². The molecular weight excluding hydrogens is 218 g/mol. The summed E-state index contributed by atoms with van der Waals surface area (Å²) in [6, 6.07) is 4.97. The molecule has 0 amide bonds. The van der Waals surface area contributed by atoms with Crippen LogP contribution >= 0.6 is 0 Å². The van der Waals surface area contributed by atoms with Crippen molar-refractivity contribution in [3.8, 4) is 0 Å². The van der Waals surface area contributed by atoms with Crippen LogP contribution in [-0.4, -0.2) is 18.5 Å². The van der Waals surface area contributed by atoms with Crippen LogP contribution in [0.4, 0.5) is 0 Å². The predicted octanol–water partition coefficient (Wildman–Crippen LogP) is 0.432. The maximum absolute atomic E-state index is 10.5. The normalized spacial score (nSPS) is 11.3. The van der Waals surface area contributed by atoms with E-state index in [4.69, 9.17) is 9.52 Å². The highest BCUT2D eigenvalue weighted by molar-refractivity contribution is 7.71. The van der Waals surface area contributed by atoms with Crippen LogP contribution in [0.1, 0.15) is 11.5 Å². The van der Waals surface area contributed by atoms with Crippen LogP contribution in [0.3, 0.4) is 0 Å². The monoisotopic (exact) mass is 227 g/mol. The molecule has 1 aromatic carbocycles. The summed E-state index contributed by atoms with van der Waals surface area (Å²) < 4.78 is 26.2. The van der Waals surface area contributed by atoms with E-state index in [0.717, 1.165) is 0 Å². The number of aromatic nitrogens is 1. The maximum atomic E-state index is 10.5. The molecule has 0 unspecified atom stereocenters. The van der Waals surface area contributed by atoms with E-state index in [1.165, 1.54) is 0 Å². The number of rotatable bonds is 3. The molecule has 0 bridgehead atoms. The Labute approximate surface area is 87.3 Å². The van der Waals surface area contributed by atoms with E-state index in [2.05, 4.69) is 4.98 Å². The van der Waals surface area contributed by atoms with Gasteiger partial charge in [0.2, 0.25) is 5.89 Å². The SMILES string of the molecule is O=[SH](=O)Cc1ccc2nc(CO)oc2c1. The third-order valence-electron chi connectivity index (χ3n) is 1.94. The average molecular weight is 227 g/mol. The Balaban J connectivity index is 2.45. The average Bonchev–Trinajstić information content (AvgIpc) is 2.58. The van der Waals surface area contributed by atoms with E-state index >= 15 is 0 Å². The molecule has 0 aliphatic rings. The highest BCUT2D eigenvalue weighted by Crippen LogP contribution is 2.17. The van der Waals surface area contributed by atoms with Gasteiger partial charge in [-0.3, -0.25) is 0 Å². The molecule has 5 nitrogen and oxygen atoms in total. The quantitative estimate of drug-likeness (QED) is 0.743. The van der Waals surface area contributed by atoms with E-state index in [1.807, 2.05) is 0 Å². The van der Waals surface area contributed by atoms with Crippen LogP contribution in [-0.2, 0) is 23.1 Å². The van der Waals surface area contributed by atoms with Crippen molar-refractivity contribution < 1.29 is 17.9 Å². The summed E-state index contributed by atoms with van der Waals surface area (Å²) in [4.78, 5) is 3.98. The molecule has 0 saturated carbocycles. The van der Waals surface area contributed by atoms with Crippen molar-refractivity contribution in [1.82, 2.24) is 4.98 Å². The van der Waals surface area contributed by atoms with E-state index < -0.39 is 10.7 Å². The van der Waals surface area contributed by atoms with E-state index in [9.17, 15) is 8.42 Å². The van der Waals surface area contributed by atoms with Crippen LogP contribution in [0.25, 0.3) is 11.1 Å². The second kappa shape index (κ2) is 4.00. The standard InChI is InChI=1S/C9H9NO4S/c11-4-9-10-7-2-1-6(5-15(12)13)3-8(7)14-9/h1-3,11,15H,4-5H2. The van der Waals surface area contributed by atoms with Gasteiger partial charge in [0.25, 0.3) is 0 Å². The Bertz CT molecular complexity index is 550. The lowest BCUT2D eigenvalue weighted by Gasteiger charge is -1.92. The zero-order valence-electron chi connectivity index (χ0n) is 7.71. The lowest BCUT2D eigenvalue weighted by atomic mass is 10.2. The second-order valence-corrected chi connectivity index (χ2v) is 4.04. The first-order valence-electron chi connectivity index (χ1n) is 4.30. The van der Waals surface area contributed by atoms with Crippen LogP contribution in [0, 0.1) is 0 Å². The topological polar surface area (TPSA) is 80.4 Å². The molecule has 0 fully saturated rings. The summed E-state index contributed by atoms with van der Waals surface area (Å²) in [5.74, 6) is 0.217. The molecule has 0 atom stereocenters. The molecule has 1 heterocycles. The summed E-state index contributed by atoms with van der Waals surface area (Å²) in [7, 11) is -2.44. The van der Waals surface area contributed by atoms with Crippen LogP contribution < -0.4 is 0 Å². The molecular formula is C9H9NO4S. The molecule has 6 heteroatoms. The largest absolute Gasteiger partial charge is 0.438 e. The number of hydrogen-bond donors (Lipinski definition) is 2. The summed E-state index contributed by atoms with van der Waals surface area (Å²) in [5.41, 5.74) is 1.76. The highest BCUT2D eigenvalue weighted by atomic mass is 32.2. The van der Waals surface area contributed by atoms with Gasteiger partial charge in [0.15, 0.2) is 5.58 Å². The number of nitrogens with zero attached hydrogens (tertiary/aromatic N) is 1. The fourth-order valence-electron chi connectivity index (χ4n) is 1.33. The minimum absolute atomic E-state index is 0.0135. The smallest absolute Gasteiger partial charge is 0.221 e. The molecule has 0 spiro atoms. The van der Waals surface area contributed by atoms with Gasteiger partial charge in [0.05, 0.1) is 5.75 Å². The zero-order chi connectivity index (χ0) is 10.8. The molecule has 80 valence electrons. The minimum atomic E-state index is -2.44. The van der Waals surface area contributed by atoms with Gasteiger partial charge in [-0.05, 0) is 17.7 Å².